The van der Waals surface area contributed by atoms with Crippen molar-refractivity contribution in [1.29, 1.82) is 0 Å². The van der Waals surface area contributed by atoms with Crippen molar-refractivity contribution in [1.82, 2.24) is 0 Å². The highest BCUT2D eigenvalue weighted by atomic mass is 14.2. The fourth-order valence-corrected chi connectivity index (χ4v) is 4.12. The van der Waals surface area contributed by atoms with Crippen molar-refractivity contribution in [2.45, 2.75) is 19.8 Å². The van der Waals surface area contributed by atoms with E-state index < -0.39 is 0 Å². The molecule has 2 aliphatic carbocycles. The third kappa shape index (κ3) is 1.40. The fraction of sp³-hybridized carbons (Fsp3) is 0.143. The van der Waals surface area contributed by atoms with Crippen molar-refractivity contribution in [2.75, 3.05) is 0 Å². The predicted molar refractivity (Wildman–Crippen MR) is 91.5 cm³/mol. The summed E-state index contributed by atoms with van der Waals surface area (Å²) in [5.41, 5.74) is 7.31. The Bertz CT molecular complexity index is 984. The van der Waals surface area contributed by atoms with E-state index in [0.29, 0.717) is 0 Å². The van der Waals surface area contributed by atoms with Crippen LogP contribution < -0.4 is 0 Å². The van der Waals surface area contributed by atoms with Crippen LogP contribution in [-0.4, -0.2) is 0 Å². The molecule has 0 heteroatoms. The largest absolute Gasteiger partial charge is 0.0795 e. The molecule has 0 aromatic heterocycles. The lowest BCUT2D eigenvalue weighted by Crippen LogP contribution is -2.04. The van der Waals surface area contributed by atoms with Crippen molar-refractivity contribution in [3.05, 3.63) is 70.3 Å². The summed E-state index contributed by atoms with van der Waals surface area (Å²) in [6.45, 7) is 2.25. The van der Waals surface area contributed by atoms with Gasteiger partial charge in [0.1, 0.15) is 0 Å². The minimum Gasteiger partial charge on any atom is -0.0795 e. The molecule has 2 aliphatic rings. The molecule has 0 N–H and O–H groups in total. The van der Waals surface area contributed by atoms with E-state index in [2.05, 4.69) is 61.5 Å². The first-order valence-corrected chi connectivity index (χ1v) is 7.66. The lowest BCUT2D eigenvalue weighted by Gasteiger charge is -2.23. The summed E-state index contributed by atoms with van der Waals surface area (Å²) in [4.78, 5) is 0. The molecule has 3 aromatic carbocycles. The summed E-state index contributed by atoms with van der Waals surface area (Å²) in [7, 11) is 0. The monoisotopic (exact) mass is 268 g/mol. The molecule has 0 spiro atoms. The Kier molecular flexibility index (Phi) is 2.08. The summed E-state index contributed by atoms with van der Waals surface area (Å²) >= 11 is 0. The van der Waals surface area contributed by atoms with Crippen LogP contribution in [-0.2, 0) is 12.8 Å². The molecule has 0 bridgehead atoms. The quantitative estimate of drug-likeness (QED) is 0.471. The Hall–Kier alpha value is -2.34. The molecular weight excluding hydrogens is 252 g/mol. The number of benzene rings is 3. The maximum Gasteiger partial charge on any atom is -0.00602 e. The molecule has 0 saturated heterocycles. The molecule has 3 aromatic rings. The summed E-state index contributed by atoms with van der Waals surface area (Å²) in [5, 5.41) is 5.78. The second kappa shape index (κ2) is 3.85. The number of hydrogen-bond acceptors (Lipinski definition) is 0. The van der Waals surface area contributed by atoms with E-state index in [1.165, 1.54) is 49.4 Å². The molecule has 0 amide bonds. The van der Waals surface area contributed by atoms with E-state index in [9.17, 15) is 0 Å². The number of allylic oxidation sites excluding steroid dienone is 2. The summed E-state index contributed by atoms with van der Waals surface area (Å²) in [6.07, 6.45) is 9.14. The Morgan fingerprint density at radius 1 is 0.905 bits per heavy atom. The Labute approximate surface area is 124 Å². The number of hydrogen-bond donors (Lipinski definition) is 0. The first kappa shape index (κ1) is 11.3. The first-order valence-electron chi connectivity index (χ1n) is 7.66. The van der Waals surface area contributed by atoms with Gasteiger partial charge in [-0.1, -0.05) is 60.2 Å². The number of rotatable bonds is 0. The molecule has 21 heavy (non-hydrogen) atoms. The van der Waals surface area contributed by atoms with Gasteiger partial charge in [0.2, 0.25) is 0 Å². The lowest BCUT2D eigenvalue weighted by molar-refractivity contribution is 1.15. The maximum atomic E-state index is 2.42. The average molecular weight is 268 g/mol. The summed E-state index contributed by atoms with van der Waals surface area (Å²) < 4.78 is 0. The average Bonchev–Trinajstić information content (AvgIpc) is 2.51. The Morgan fingerprint density at radius 2 is 1.71 bits per heavy atom. The van der Waals surface area contributed by atoms with Gasteiger partial charge in [-0.25, -0.2) is 0 Å². The fourth-order valence-electron chi connectivity index (χ4n) is 4.12. The van der Waals surface area contributed by atoms with Gasteiger partial charge in [-0.3, -0.25) is 0 Å². The summed E-state index contributed by atoms with van der Waals surface area (Å²) in [5.74, 6) is 0. The zero-order chi connectivity index (χ0) is 14.0. The van der Waals surface area contributed by atoms with E-state index >= 15 is 0 Å². The highest BCUT2D eigenvalue weighted by Crippen LogP contribution is 2.42. The third-order valence-electron chi connectivity index (χ3n) is 4.91. The van der Waals surface area contributed by atoms with Gasteiger partial charge in [0, 0.05) is 0 Å². The minimum absolute atomic E-state index is 1.05. The molecule has 0 radical (unpaired) electrons. The molecule has 5 rings (SSSR count). The van der Waals surface area contributed by atoms with E-state index in [-0.39, 0.29) is 0 Å². The summed E-state index contributed by atoms with van der Waals surface area (Å²) in [6, 6.07) is 13.5. The van der Waals surface area contributed by atoms with E-state index in [1.54, 1.807) is 0 Å². The minimum atomic E-state index is 1.05. The zero-order valence-electron chi connectivity index (χ0n) is 12.1. The molecule has 0 nitrogen and oxygen atoms in total. The van der Waals surface area contributed by atoms with Gasteiger partial charge in [0.25, 0.3) is 0 Å². The standard InChI is InChI=1S/C21H16/c1-13-11-15-7-4-9-17-16-8-2-5-14-6-3-10-18(20(14)16)19(12-13)21(15)17/h2-9,12H,10-11H2,1H3. The van der Waals surface area contributed by atoms with Gasteiger partial charge < -0.3 is 0 Å². The molecular formula is C21H16. The van der Waals surface area contributed by atoms with Crippen LogP contribution in [0.3, 0.4) is 0 Å². The third-order valence-corrected chi connectivity index (χ3v) is 4.91. The van der Waals surface area contributed by atoms with E-state index in [1.807, 2.05) is 0 Å². The molecule has 100 valence electrons. The molecule has 0 heterocycles. The zero-order valence-corrected chi connectivity index (χ0v) is 12.1. The van der Waals surface area contributed by atoms with Gasteiger partial charge in [0.15, 0.2) is 0 Å². The van der Waals surface area contributed by atoms with Crippen LogP contribution in [0, 0.1) is 0 Å². The van der Waals surface area contributed by atoms with Crippen LogP contribution in [0.1, 0.15) is 29.2 Å². The van der Waals surface area contributed by atoms with Gasteiger partial charge in [0.05, 0.1) is 0 Å². The van der Waals surface area contributed by atoms with Crippen LogP contribution in [0.4, 0.5) is 0 Å². The van der Waals surface area contributed by atoms with Crippen molar-refractivity contribution in [3.63, 3.8) is 0 Å². The van der Waals surface area contributed by atoms with Gasteiger partial charge in [-0.2, -0.15) is 0 Å². The Morgan fingerprint density at radius 3 is 2.62 bits per heavy atom. The van der Waals surface area contributed by atoms with Crippen LogP contribution in [0.25, 0.3) is 33.7 Å². The second-order valence-electron chi connectivity index (χ2n) is 6.28. The van der Waals surface area contributed by atoms with Gasteiger partial charge in [-0.05, 0) is 63.6 Å². The van der Waals surface area contributed by atoms with Gasteiger partial charge in [-0.15, -0.1) is 0 Å². The highest BCUT2D eigenvalue weighted by molar-refractivity contribution is 6.16. The molecule has 0 fully saturated rings. The normalized spacial score (nSPS) is 15.6. The van der Waals surface area contributed by atoms with Crippen LogP contribution in [0.2, 0.25) is 0 Å². The van der Waals surface area contributed by atoms with Crippen molar-refractivity contribution >= 4 is 33.7 Å². The molecule has 0 aliphatic heterocycles. The second-order valence-corrected chi connectivity index (χ2v) is 6.28. The topological polar surface area (TPSA) is 0 Å². The smallest absolute Gasteiger partial charge is 0.00602 e. The molecule has 0 unspecified atom stereocenters. The maximum absolute atomic E-state index is 2.42. The van der Waals surface area contributed by atoms with E-state index in [0.717, 1.165) is 12.8 Å². The SMILES string of the molecule is CC1=Cc2c3c4c(cccc4c4cccc(c24)C1)C=CC3. The van der Waals surface area contributed by atoms with Crippen LogP contribution >= 0.6 is 0 Å². The van der Waals surface area contributed by atoms with Crippen LogP contribution in [0.5, 0.6) is 0 Å². The van der Waals surface area contributed by atoms with Crippen molar-refractivity contribution in [2.24, 2.45) is 0 Å². The lowest BCUT2D eigenvalue weighted by atomic mass is 9.80. The predicted octanol–water partition coefficient (Wildman–Crippen LogP) is 5.52. The highest BCUT2D eigenvalue weighted by Gasteiger charge is 2.20. The molecule has 0 saturated carbocycles. The van der Waals surface area contributed by atoms with Crippen molar-refractivity contribution < 1.29 is 0 Å². The molecule has 0 atom stereocenters. The Balaban J connectivity index is 2.14. The van der Waals surface area contributed by atoms with Crippen molar-refractivity contribution in [3.8, 4) is 0 Å². The van der Waals surface area contributed by atoms with Gasteiger partial charge >= 0.3 is 0 Å². The first-order chi connectivity index (χ1) is 10.3. The van der Waals surface area contributed by atoms with E-state index in [4.69, 9.17) is 0 Å². The van der Waals surface area contributed by atoms with Crippen LogP contribution in [0.15, 0.2) is 48.0 Å². The number of fused-ring (bicyclic) bond motifs is 2.